The van der Waals surface area contributed by atoms with Gasteiger partial charge in [-0.15, -0.1) is 11.3 Å². The number of rotatable bonds is 1. The fourth-order valence-corrected chi connectivity index (χ4v) is 2.23. The van der Waals surface area contributed by atoms with Crippen molar-refractivity contribution in [1.82, 2.24) is 4.98 Å². The Balaban J connectivity index is 2.88. The predicted octanol–water partition coefficient (Wildman–Crippen LogP) is 1.41. The number of amides is 1. The third-order valence-corrected chi connectivity index (χ3v) is 2.93. The van der Waals surface area contributed by atoms with Gasteiger partial charge in [-0.25, -0.2) is 4.98 Å². The average molecular weight is 208 g/mol. The van der Waals surface area contributed by atoms with Gasteiger partial charge in [0.2, 0.25) is 0 Å². The Labute approximate surface area is 84.0 Å². The van der Waals surface area contributed by atoms with Crippen LogP contribution in [0.5, 0.6) is 5.75 Å². The zero-order valence-corrected chi connectivity index (χ0v) is 8.26. The number of nitrogens with two attached hydrogens (primary N) is 1. The Hall–Kier alpha value is -1.62. The molecule has 4 nitrogen and oxygen atoms in total. The first-order chi connectivity index (χ1) is 6.61. The summed E-state index contributed by atoms with van der Waals surface area (Å²) >= 11 is 1.36. The number of aromatic nitrogens is 1. The van der Waals surface area contributed by atoms with E-state index < -0.39 is 5.91 Å². The van der Waals surface area contributed by atoms with E-state index in [1.165, 1.54) is 11.3 Å². The molecule has 5 heteroatoms. The average Bonchev–Trinajstić information content (AvgIpc) is 2.59. The number of aromatic hydroxyl groups is 1. The summed E-state index contributed by atoms with van der Waals surface area (Å²) in [4.78, 5) is 14.9. The lowest BCUT2D eigenvalue weighted by Crippen LogP contribution is -2.13. The minimum atomic E-state index is -0.707. The second kappa shape index (κ2) is 2.95. The number of pyridine rings is 1. The number of carbonyl (C=O) groups excluding carboxylic acids is 1. The number of nitrogens with zero attached hydrogens (tertiary/aromatic N) is 1. The third-order valence-electron chi connectivity index (χ3n) is 2.01. The summed E-state index contributed by atoms with van der Waals surface area (Å²) in [7, 11) is 0. The largest absolute Gasteiger partial charge is 0.504 e. The summed E-state index contributed by atoms with van der Waals surface area (Å²) in [6.07, 6.45) is 0. The topological polar surface area (TPSA) is 76.2 Å². The van der Waals surface area contributed by atoms with Gasteiger partial charge < -0.3 is 10.8 Å². The van der Waals surface area contributed by atoms with E-state index in [0.717, 1.165) is 5.39 Å². The van der Waals surface area contributed by atoms with Gasteiger partial charge in [-0.05, 0) is 18.4 Å². The Morgan fingerprint density at radius 1 is 1.64 bits per heavy atom. The molecule has 2 rings (SSSR count). The summed E-state index contributed by atoms with van der Waals surface area (Å²) < 4.78 is 0.659. The maximum Gasteiger partial charge on any atom is 0.271 e. The van der Waals surface area contributed by atoms with E-state index in [1.54, 1.807) is 6.92 Å². The fourth-order valence-electron chi connectivity index (χ4n) is 1.34. The van der Waals surface area contributed by atoms with Gasteiger partial charge >= 0.3 is 0 Å². The molecule has 0 saturated heterocycles. The predicted molar refractivity (Wildman–Crippen MR) is 54.5 cm³/mol. The summed E-state index contributed by atoms with van der Waals surface area (Å²) in [6, 6.07) is 1.85. The standard InChI is InChI=1S/C9H8N2O2S/c1-4-5-2-3-14-8(5)7(12)6(11-4)9(10)13/h2-3,12H,1H3,(H2,10,13). The van der Waals surface area contributed by atoms with Gasteiger partial charge in [0, 0.05) is 11.1 Å². The van der Waals surface area contributed by atoms with Crippen LogP contribution in [0.4, 0.5) is 0 Å². The molecule has 1 amide bonds. The van der Waals surface area contributed by atoms with Crippen LogP contribution in [0.25, 0.3) is 10.1 Å². The highest BCUT2D eigenvalue weighted by atomic mass is 32.1. The molecule has 0 aliphatic rings. The van der Waals surface area contributed by atoms with E-state index in [9.17, 15) is 9.90 Å². The van der Waals surface area contributed by atoms with Crippen molar-refractivity contribution in [2.24, 2.45) is 5.73 Å². The molecule has 0 fully saturated rings. The zero-order valence-electron chi connectivity index (χ0n) is 7.44. The van der Waals surface area contributed by atoms with Crippen LogP contribution in [0.2, 0.25) is 0 Å². The number of hydrogen-bond acceptors (Lipinski definition) is 4. The monoisotopic (exact) mass is 208 g/mol. The van der Waals surface area contributed by atoms with Gasteiger partial charge in [-0.3, -0.25) is 4.79 Å². The normalized spacial score (nSPS) is 10.6. The SMILES string of the molecule is Cc1nc(C(N)=O)c(O)c2sccc12. The maximum absolute atomic E-state index is 10.9. The molecule has 3 N–H and O–H groups in total. The van der Waals surface area contributed by atoms with Crippen molar-refractivity contribution >= 4 is 27.3 Å². The molecular weight excluding hydrogens is 200 g/mol. The molecule has 0 spiro atoms. The summed E-state index contributed by atoms with van der Waals surface area (Å²) in [5.41, 5.74) is 5.73. The molecule has 0 aliphatic heterocycles. The minimum absolute atomic E-state index is 0.0579. The van der Waals surface area contributed by atoms with E-state index in [4.69, 9.17) is 5.73 Å². The number of carbonyl (C=O) groups is 1. The van der Waals surface area contributed by atoms with Crippen LogP contribution in [0, 0.1) is 6.92 Å². The molecule has 0 aliphatic carbocycles. The van der Waals surface area contributed by atoms with E-state index in [0.29, 0.717) is 10.4 Å². The highest BCUT2D eigenvalue weighted by molar-refractivity contribution is 7.17. The highest BCUT2D eigenvalue weighted by Gasteiger charge is 2.15. The van der Waals surface area contributed by atoms with Crippen molar-refractivity contribution in [3.05, 3.63) is 22.8 Å². The van der Waals surface area contributed by atoms with Crippen molar-refractivity contribution in [3.8, 4) is 5.75 Å². The van der Waals surface area contributed by atoms with Crippen molar-refractivity contribution in [3.63, 3.8) is 0 Å². The Bertz CT molecular complexity index is 519. The van der Waals surface area contributed by atoms with Crippen molar-refractivity contribution in [1.29, 1.82) is 0 Å². The van der Waals surface area contributed by atoms with Gasteiger partial charge in [-0.1, -0.05) is 0 Å². The molecule has 72 valence electrons. The van der Waals surface area contributed by atoms with E-state index >= 15 is 0 Å². The third kappa shape index (κ3) is 1.13. The molecule has 0 bridgehead atoms. The Morgan fingerprint density at radius 3 is 3.00 bits per heavy atom. The van der Waals surface area contributed by atoms with Crippen LogP contribution in [0.3, 0.4) is 0 Å². The van der Waals surface area contributed by atoms with Crippen LogP contribution in [-0.2, 0) is 0 Å². The quantitative estimate of drug-likeness (QED) is 0.743. The van der Waals surface area contributed by atoms with Crippen LogP contribution in [0.1, 0.15) is 16.2 Å². The van der Waals surface area contributed by atoms with Gasteiger partial charge in [0.15, 0.2) is 11.4 Å². The number of hydrogen-bond donors (Lipinski definition) is 2. The van der Waals surface area contributed by atoms with Crippen LogP contribution >= 0.6 is 11.3 Å². The number of aryl methyl sites for hydroxylation is 1. The lowest BCUT2D eigenvalue weighted by Gasteiger charge is -2.03. The lowest BCUT2D eigenvalue weighted by atomic mass is 10.2. The Morgan fingerprint density at radius 2 is 2.36 bits per heavy atom. The molecule has 0 unspecified atom stereocenters. The molecule has 0 saturated carbocycles. The summed E-state index contributed by atoms with van der Waals surface area (Å²) in [5, 5.41) is 12.4. The van der Waals surface area contributed by atoms with E-state index in [2.05, 4.69) is 4.98 Å². The van der Waals surface area contributed by atoms with Crippen LogP contribution < -0.4 is 5.73 Å². The first-order valence-electron chi connectivity index (χ1n) is 3.98. The zero-order chi connectivity index (χ0) is 10.3. The van der Waals surface area contributed by atoms with Crippen molar-refractivity contribution < 1.29 is 9.90 Å². The van der Waals surface area contributed by atoms with E-state index in [1.807, 2.05) is 11.4 Å². The molecule has 14 heavy (non-hydrogen) atoms. The van der Waals surface area contributed by atoms with Gasteiger partial charge in [0.1, 0.15) is 0 Å². The van der Waals surface area contributed by atoms with Crippen molar-refractivity contribution in [2.75, 3.05) is 0 Å². The van der Waals surface area contributed by atoms with Crippen molar-refractivity contribution in [2.45, 2.75) is 6.92 Å². The number of thiophene rings is 1. The molecule has 2 aromatic heterocycles. The molecule has 0 aromatic carbocycles. The van der Waals surface area contributed by atoms with Gasteiger partial charge in [0.05, 0.1) is 4.70 Å². The second-order valence-electron chi connectivity index (χ2n) is 2.92. The van der Waals surface area contributed by atoms with Crippen LogP contribution in [0.15, 0.2) is 11.4 Å². The van der Waals surface area contributed by atoms with Crippen LogP contribution in [-0.4, -0.2) is 16.0 Å². The van der Waals surface area contributed by atoms with Gasteiger partial charge in [0.25, 0.3) is 5.91 Å². The first-order valence-corrected chi connectivity index (χ1v) is 4.86. The maximum atomic E-state index is 10.9. The fraction of sp³-hybridized carbons (Fsp3) is 0.111. The molecule has 0 radical (unpaired) electrons. The summed E-state index contributed by atoms with van der Waals surface area (Å²) in [6.45, 7) is 1.78. The number of fused-ring (bicyclic) bond motifs is 1. The summed E-state index contributed by atoms with van der Waals surface area (Å²) in [5.74, 6) is -0.825. The smallest absolute Gasteiger partial charge is 0.271 e. The highest BCUT2D eigenvalue weighted by Crippen LogP contribution is 2.33. The lowest BCUT2D eigenvalue weighted by molar-refractivity contribution is 0.0993. The Kier molecular flexibility index (Phi) is 1.89. The minimum Gasteiger partial charge on any atom is -0.504 e. The first kappa shape index (κ1) is 8.96. The molecule has 2 aromatic rings. The molecular formula is C9H8N2O2S. The second-order valence-corrected chi connectivity index (χ2v) is 3.84. The molecule has 2 heterocycles. The van der Waals surface area contributed by atoms with Gasteiger partial charge in [-0.2, -0.15) is 0 Å². The van der Waals surface area contributed by atoms with E-state index in [-0.39, 0.29) is 11.4 Å². The number of primary amides is 1. The molecule has 0 atom stereocenters.